The van der Waals surface area contributed by atoms with Gasteiger partial charge in [0, 0.05) is 54.3 Å². The summed E-state index contributed by atoms with van der Waals surface area (Å²) in [6.07, 6.45) is 3.10. The number of pyridine rings is 1. The maximum absolute atomic E-state index is 13.5. The molecule has 0 radical (unpaired) electrons. The average molecular weight is 589 g/mol. The molecule has 1 aliphatic rings. The van der Waals surface area contributed by atoms with Crippen LogP contribution < -0.4 is 15.6 Å². The maximum atomic E-state index is 13.5. The molecule has 11 heteroatoms. The van der Waals surface area contributed by atoms with Gasteiger partial charge in [0.05, 0.1) is 32.4 Å². The first kappa shape index (κ1) is 27.4. The van der Waals surface area contributed by atoms with Crippen molar-refractivity contribution in [2.24, 2.45) is 0 Å². The van der Waals surface area contributed by atoms with E-state index < -0.39 is 10.8 Å². The van der Waals surface area contributed by atoms with E-state index in [2.05, 4.69) is 15.2 Å². The number of carbonyl (C=O) groups is 2. The van der Waals surface area contributed by atoms with Crippen LogP contribution in [0.15, 0.2) is 77.9 Å². The molecule has 4 aromatic carbocycles. The summed E-state index contributed by atoms with van der Waals surface area (Å²) in [4.78, 5) is 58.6. The predicted octanol–water partition coefficient (Wildman–Crippen LogP) is 4.60. The quantitative estimate of drug-likeness (QED) is 0.0808. The number of imidazole rings is 1. The number of rotatable bonds is 10. The molecule has 1 N–H and O–H groups in total. The molecule has 2 amide bonds. The normalized spacial score (nSPS) is 13.2. The smallest absolute Gasteiger partial charge is 0.270 e. The second kappa shape index (κ2) is 10.7. The minimum absolute atomic E-state index is 0.00514. The molecule has 44 heavy (non-hydrogen) atoms. The number of hydrogen-bond donors (Lipinski definition) is 1. The van der Waals surface area contributed by atoms with E-state index in [1.807, 2.05) is 47.8 Å². The minimum Gasteiger partial charge on any atom is -0.374 e. The Hall–Kier alpha value is -5.42. The van der Waals surface area contributed by atoms with Gasteiger partial charge in [0.15, 0.2) is 5.43 Å². The third kappa shape index (κ3) is 4.32. The van der Waals surface area contributed by atoms with Crippen molar-refractivity contribution in [1.82, 2.24) is 19.6 Å². The summed E-state index contributed by atoms with van der Waals surface area (Å²) in [6.45, 7) is 2.19. The van der Waals surface area contributed by atoms with Crippen LogP contribution in [0.25, 0.3) is 38.1 Å². The molecule has 0 aliphatic carbocycles. The first-order chi connectivity index (χ1) is 21.3. The Kier molecular flexibility index (Phi) is 6.66. The first-order valence-electron chi connectivity index (χ1n) is 14.5. The molecule has 0 spiro atoms. The summed E-state index contributed by atoms with van der Waals surface area (Å²) >= 11 is 0. The number of nitrogens with one attached hydrogen (secondary N) is 1. The zero-order chi connectivity index (χ0) is 30.5. The number of nitrogens with zero attached hydrogens (tertiary/aromatic N) is 5. The maximum Gasteiger partial charge on any atom is 0.270 e. The van der Waals surface area contributed by atoms with E-state index in [1.54, 1.807) is 24.5 Å². The lowest BCUT2D eigenvalue weighted by Crippen LogP contribution is -2.41. The fourth-order valence-electron chi connectivity index (χ4n) is 6.33. The third-order valence-corrected chi connectivity index (χ3v) is 8.44. The van der Waals surface area contributed by atoms with Crippen LogP contribution in [0.5, 0.6) is 0 Å². The molecule has 0 saturated heterocycles. The van der Waals surface area contributed by atoms with Gasteiger partial charge in [-0.15, -0.1) is 0 Å². The lowest BCUT2D eigenvalue weighted by Gasteiger charge is -2.27. The van der Waals surface area contributed by atoms with E-state index in [4.69, 9.17) is 0 Å². The van der Waals surface area contributed by atoms with Gasteiger partial charge in [-0.1, -0.05) is 24.3 Å². The summed E-state index contributed by atoms with van der Waals surface area (Å²) < 4.78 is 1.98. The number of benzene rings is 4. The molecule has 7 rings (SSSR count). The van der Waals surface area contributed by atoms with Gasteiger partial charge < -0.3 is 10.2 Å². The SMILES string of the molecule is CN(CCCNCCCN1C(=O)c2cccc3cc([N+](=O)[O-])cc(c23)C1=O)c1ccc2ncn3c4ccccc4c(=O)c1c23. The van der Waals surface area contributed by atoms with Crippen LogP contribution in [0.4, 0.5) is 11.4 Å². The van der Waals surface area contributed by atoms with Gasteiger partial charge in [-0.05, 0) is 61.6 Å². The zero-order valence-corrected chi connectivity index (χ0v) is 23.9. The third-order valence-electron chi connectivity index (χ3n) is 8.44. The predicted molar refractivity (Wildman–Crippen MR) is 169 cm³/mol. The molecule has 0 bridgehead atoms. The lowest BCUT2D eigenvalue weighted by atomic mass is 9.93. The molecule has 6 aromatic rings. The van der Waals surface area contributed by atoms with E-state index in [9.17, 15) is 24.5 Å². The number of anilines is 1. The largest absolute Gasteiger partial charge is 0.374 e. The molecule has 0 atom stereocenters. The van der Waals surface area contributed by atoms with E-state index >= 15 is 0 Å². The Labute approximate surface area is 250 Å². The summed E-state index contributed by atoms with van der Waals surface area (Å²) in [5, 5.41) is 17.1. The molecule has 0 fully saturated rings. The van der Waals surface area contributed by atoms with Crippen molar-refractivity contribution < 1.29 is 14.5 Å². The molecule has 3 heterocycles. The number of fused-ring (bicyclic) bond motifs is 2. The van der Waals surface area contributed by atoms with Gasteiger partial charge in [-0.3, -0.25) is 33.8 Å². The fraction of sp³-hybridized carbons (Fsp3) is 0.212. The number of amides is 2. The molecular weight excluding hydrogens is 560 g/mol. The number of aromatic nitrogens is 2. The average Bonchev–Trinajstić information content (AvgIpc) is 3.47. The van der Waals surface area contributed by atoms with Crippen LogP contribution in [0.2, 0.25) is 0 Å². The van der Waals surface area contributed by atoms with Crippen LogP contribution in [-0.4, -0.2) is 64.2 Å². The topological polar surface area (TPSA) is 130 Å². The van der Waals surface area contributed by atoms with Crippen LogP contribution in [-0.2, 0) is 0 Å². The number of hydrogen-bond acceptors (Lipinski definition) is 8. The standard InChI is InChI=1S/C33H28N6O5/c1-36(27-12-11-25-30-29(27)31(40)22-8-2-3-10-26(22)38(30)19-35-25)15-5-13-34-14-6-16-37-32(41)23-9-4-7-20-17-21(39(43)44)18-24(28(20)23)33(37)42/h2-4,7-12,17-19,34H,5-6,13-16H2,1H3. The number of non-ortho nitro benzene ring substituents is 1. The number of carbonyl (C=O) groups excluding carboxylic acids is 2. The number of nitro groups is 1. The van der Waals surface area contributed by atoms with E-state index in [0.29, 0.717) is 53.2 Å². The lowest BCUT2D eigenvalue weighted by molar-refractivity contribution is -0.384. The van der Waals surface area contributed by atoms with Gasteiger partial charge in [0.25, 0.3) is 17.5 Å². The van der Waals surface area contributed by atoms with Gasteiger partial charge in [0.2, 0.25) is 0 Å². The van der Waals surface area contributed by atoms with Crippen molar-refractivity contribution in [3.63, 3.8) is 0 Å². The summed E-state index contributed by atoms with van der Waals surface area (Å²) in [5.74, 6) is -0.897. The van der Waals surface area contributed by atoms with Crippen molar-refractivity contribution in [2.45, 2.75) is 12.8 Å². The van der Waals surface area contributed by atoms with Gasteiger partial charge >= 0.3 is 0 Å². The van der Waals surface area contributed by atoms with Crippen molar-refractivity contribution in [3.05, 3.63) is 105 Å². The fourth-order valence-corrected chi connectivity index (χ4v) is 6.33. The number of imide groups is 1. The van der Waals surface area contributed by atoms with E-state index in [-0.39, 0.29) is 29.1 Å². The minimum atomic E-state index is -0.530. The highest BCUT2D eigenvalue weighted by atomic mass is 16.6. The second-order valence-electron chi connectivity index (χ2n) is 11.1. The Morgan fingerprint density at radius 2 is 1.70 bits per heavy atom. The Balaban J connectivity index is 0.975. The summed E-state index contributed by atoms with van der Waals surface area (Å²) in [7, 11) is 1.97. The zero-order valence-electron chi connectivity index (χ0n) is 23.9. The van der Waals surface area contributed by atoms with Crippen molar-refractivity contribution in [2.75, 3.05) is 38.1 Å². The number of para-hydroxylation sites is 1. The van der Waals surface area contributed by atoms with Gasteiger partial charge in [-0.25, -0.2) is 4.98 Å². The molecule has 0 saturated carbocycles. The van der Waals surface area contributed by atoms with Crippen molar-refractivity contribution >= 4 is 61.3 Å². The Morgan fingerprint density at radius 3 is 2.55 bits per heavy atom. The molecule has 0 unspecified atom stereocenters. The van der Waals surface area contributed by atoms with Crippen LogP contribution in [0.3, 0.4) is 0 Å². The summed E-state index contributed by atoms with van der Waals surface area (Å²) in [5.41, 5.74) is 3.69. The summed E-state index contributed by atoms with van der Waals surface area (Å²) in [6, 6.07) is 19.1. The van der Waals surface area contributed by atoms with E-state index in [1.165, 1.54) is 17.0 Å². The highest BCUT2D eigenvalue weighted by molar-refractivity contribution is 6.25. The van der Waals surface area contributed by atoms with E-state index in [0.717, 1.165) is 28.7 Å². The van der Waals surface area contributed by atoms with Gasteiger partial charge in [0.1, 0.15) is 6.33 Å². The van der Waals surface area contributed by atoms with Crippen molar-refractivity contribution in [3.8, 4) is 0 Å². The van der Waals surface area contributed by atoms with Crippen molar-refractivity contribution in [1.29, 1.82) is 0 Å². The van der Waals surface area contributed by atoms with Crippen LogP contribution >= 0.6 is 0 Å². The van der Waals surface area contributed by atoms with Crippen LogP contribution in [0, 0.1) is 10.1 Å². The molecule has 1 aliphatic heterocycles. The van der Waals surface area contributed by atoms with Gasteiger partial charge in [-0.2, -0.15) is 0 Å². The van der Waals surface area contributed by atoms with Crippen LogP contribution in [0.1, 0.15) is 33.6 Å². The molecule has 220 valence electrons. The Morgan fingerprint density at radius 1 is 0.909 bits per heavy atom. The molecule has 11 nitrogen and oxygen atoms in total. The monoisotopic (exact) mass is 588 g/mol. The first-order valence-corrected chi connectivity index (χ1v) is 14.5. The Bertz CT molecular complexity index is 2190. The highest BCUT2D eigenvalue weighted by Gasteiger charge is 2.33. The number of nitro benzene ring substituents is 1. The second-order valence-corrected chi connectivity index (χ2v) is 11.1. The molecular formula is C33H28N6O5. The highest BCUT2D eigenvalue weighted by Crippen LogP contribution is 2.34. The molecule has 2 aromatic heterocycles.